The fraction of sp³-hybridized carbons (Fsp3) is 0.526. The lowest BCUT2D eigenvalue weighted by molar-refractivity contribution is -0.0136. The second-order valence-electron chi connectivity index (χ2n) is 6.66. The van der Waals surface area contributed by atoms with E-state index in [2.05, 4.69) is 32.6 Å². The average molecular weight is 489 g/mol. The third kappa shape index (κ3) is 6.32. The van der Waals surface area contributed by atoms with E-state index in [1.54, 1.807) is 12.1 Å². The maximum absolute atomic E-state index is 13.5. The second kappa shape index (κ2) is 10.8. The Kier molecular flexibility index (Phi) is 8.78. The van der Waals surface area contributed by atoms with Gasteiger partial charge < -0.3 is 25.3 Å². The van der Waals surface area contributed by atoms with E-state index in [1.165, 1.54) is 6.07 Å². The quantitative estimate of drug-likeness (QED) is 0.331. The van der Waals surface area contributed by atoms with Gasteiger partial charge in [-0.2, -0.15) is 0 Å². The number of rotatable bonds is 6. The van der Waals surface area contributed by atoms with E-state index in [9.17, 15) is 4.39 Å². The minimum Gasteiger partial charge on any atom is -0.374 e. The Hall–Kier alpha value is -1.39. The summed E-state index contributed by atoms with van der Waals surface area (Å²) in [5.41, 5.74) is 2.06. The molecule has 1 saturated heterocycles. The normalized spacial score (nSPS) is 18.3. The number of benzene rings is 1. The van der Waals surface area contributed by atoms with E-state index in [1.807, 2.05) is 13.1 Å². The summed E-state index contributed by atoms with van der Waals surface area (Å²) in [7, 11) is 2.10. The third-order valence-electron chi connectivity index (χ3n) is 4.56. The van der Waals surface area contributed by atoms with Gasteiger partial charge in [0.05, 0.1) is 19.3 Å². The maximum atomic E-state index is 13.5. The fourth-order valence-electron chi connectivity index (χ4n) is 3.19. The highest BCUT2D eigenvalue weighted by Gasteiger charge is 2.17. The molecule has 3 rings (SSSR count). The zero-order valence-electron chi connectivity index (χ0n) is 15.9. The van der Waals surface area contributed by atoms with Crippen molar-refractivity contribution in [2.45, 2.75) is 19.4 Å². The van der Waals surface area contributed by atoms with Crippen LogP contribution in [0.15, 0.2) is 29.4 Å². The predicted octanol–water partition coefficient (Wildman–Crippen LogP) is 2.35. The van der Waals surface area contributed by atoms with Gasteiger partial charge in [0.2, 0.25) is 0 Å². The molecule has 0 amide bonds. The number of hydrogen-bond acceptors (Lipinski definition) is 3. The molecule has 27 heavy (non-hydrogen) atoms. The number of aromatic amines is 1. The molecular weight excluding hydrogens is 460 g/mol. The summed E-state index contributed by atoms with van der Waals surface area (Å²) in [5.74, 6) is 0.578. The SMILES string of the molecule is CCNC(=NCC1CN(C)CCO1)NCCc1c[nH]c2ccc(F)cc12.I. The van der Waals surface area contributed by atoms with Gasteiger partial charge in [0.15, 0.2) is 5.96 Å². The van der Waals surface area contributed by atoms with Crippen LogP contribution in [-0.2, 0) is 11.2 Å². The first-order valence-corrected chi connectivity index (χ1v) is 9.23. The van der Waals surface area contributed by atoms with Crippen LogP contribution < -0.4 is 10.6 Å². The lowest BCUT2D eigenvalue weighted by Crippen LogP contribution is -2.43. The highest BCUT2D eigenvalue weighted by atomic mass is 127. The number of nitrogens with one attached hydrogen (secondary N) is 3. The Morgan fingerprint density at radius 3 is 3.04 bits per heavy atom. The largest absolute Gasteiger partial charge is 0.374 e. The summed E-state index contributed by atoms with van der Waals surface area (Å²) < 4.78 is 19.2. The smallest absolute Gasteiger partial charge is 0.191 e. The van der Waals surface area contributed by atoms with Gasteiger partial charge in [0.1, 0.15) is 5.82 Å². The number of morpholine rings is 1. The fourth-order valence-corrected chi connectivity index (χ4v) is 3.19. The van der Waals surface area contributed by atoms with Crippen molar-refractivity contribution in [3.63, 3.8) is 0 Å². The van der Waals surface area contributed by atoms with Crippen molar-refractivity contribution >= 4 is 40.8 Å². The van der Waals surface area contributed by atoms with Gasteiger partial charge in [-0.1, -0.05) is 0 Å². The summed E-state index contributed by atoms with van der Waals surface area (Å²) in [6.45, 7) is 6.85. The van der Waals surface area contributed by atoms with Crippen molar-refractivity contribution in [3.8, 4) is 0 Å². The molecule has 1 aromatic carbocycles. The van der Waals surface area contributed by atoms with E-state index in [4.69, 9.17) is 4.74 Å². The summed E-state index contributed by atoms with van der Waals surface area (Å²) in [5, 5.41) is 7.55. The van der Waals surface area contributed by atoms with Crippen LogP contribution in [0.1, 0.15) is 12.5 Å². The summed E-state index contributed by atoms with van der Waals surface area (Å²) >= 11 is 0. The molecule has 1 aliphatic rings. The molecule has 1 fully saturated rings. The van der Waals surface area contributed by atoms with Crippen LogP contribution in [0.4, 0.5) is 4.39 Å². The summed E-state index contributed by atoms with van der Waals surface area (Å²) in [6.07, 6.45) is 2.87. The number of hydrogen-bond donors (Lipinski definition) is 3. The van der Waals surface area contributed by atoms with E-state index >= 15 is 0 Å². The van der Waals surface area contributed by atoms with Gasteiger partial charge in [-0.3, -0.25) is 4.99 Å². The molecule has 2 aromatic rings. The molecule has 1 unspecified atom stereocenters. The number of guanidine groups is 1. The Labute approximate surface area is 177 Å². The molecular formula is C19H29FIN5O. The van der Waals surface area contributed by atoms with Crippen molar-refractivity contribution in [1.82, 2.24) is 20.5 Å². The molecule has 0 saturated carbocycles. The number of ether oxygens (including phenoxy) is 1. The van der Waals surface area contributed by atoms with Crippen molar-refractivity contribution in [3.05, 3.63) is 35.8 Å². The van der Waals surface area contributed by atoms with Crippen LogP contribution in [0.25, 0.3) is 10.9 Å². The van der Waals surface area contributed by atoms with Gasteiger partial charge in [-0.25, -0.2) is 4.39 Å². The minimum atomic E-state index is -0.210. The van der Waals surface area contributed by atoms with Crippen LogP contribution in [0.3, 0.4) is 0 Å². The zero-order chi connectivity index (χ0) is 18.4. The first-order valence-electron chi connectivity index (χ1n) is 9.23. The molecule has 2 heterocycles. The molecule has 1 aromatic heterocycles. The van der Waals surface area contributed by atoms with E-state index in [0.29, 0.717) is 6.54 Å². The molecule has 3 N–H and O–H groups in total. The molecule has 6 nitrogen and oxygen atoms in total. The van der Waals surface area contributed by atoms with Crippen molar-refractivity contribution in [1.29, 1.82) is 0 Å². The van der Waals surface area contributed by atoms with E-state index in [0.717, 1.165) is 61.6 Å². The summed E-state index contributed by atoms with van der Waals surface area (Å²) in [6, 6.07) is 4.83. The predicted molar refractivity (Wildman–Crippen MR) is 119 cm³/mol. The van der Waals surface area contributed by atoms with E-state index < -0.39 is 0 Å². The van der Waals surface area contributed by atoms with Crippen LogP contribution in [0.2, 0.25) is 0 Å². The minimum absolute atomic E-state index is 0. The third-order valence-corrected chi connectivity index (χ3v) is 4.56. The first kappa shape index (κ1) is 21.9. The number of H-pyrrole nitrogens is 1. The maximum Gasteiger partial charge on any atom is 0.191 e. The Balaban J connectivity index is 0.00000261. The van der Waals surface area contributed by atoms with Crippen LogP contribution in [0, 0.1) is 5.82 Å². The first-order chi connectivity index (χ1) is 12.7. The van der Waals surface area contributed by atoms with Gasteiger partial charge in [0, 0.05) is 43.3 Å². The van der Waals surface area contributed by atoms with Gasteiger partial charge in [0.25, 0.3) is 0 Å². The van der Waals surface area contributed by atoms with Crippen LogP contribution in [-0.4, -0.2) is 68.3 Å². The molecule has 1 aliphatic heterocycles. The molecule has 0 radical (unpaired) electrons. The number of fused-ring (bicyclic) bond motifs is 1. The molecule has 0 spiro atoms. The molecule has 1 atom stereocenters. The van der Waals surface area contributed by atoms with Crippen molar-refractivity contribution < 1.29 is 9.13 Å². The highest BCUT2D eigenvalue weighted by Crippen LogP contribution is 2.19. The standard InChI is InChI=1S/C19H28FN5O.HI/c1-3-21-19(24-12-16-13-25(2)8-9-26-16)22-7-6-14-11-23-18-5-4-15(20)10-17(14)18;/h4-5,10-11,16,23H,3,6-9,12-13H2,1-2H3,(H2,21,22,24);1H. The van der Waals surface area contributed by atoms with Gasteiger partial charge >= 0.3 is 0 Å². The zero-order valence-corrected chi connectivity index (χ0v) is 18.3. The summed E-state index contributed by atoms with van der Waals surface area (Å²) in [4.78, 5) is 10.1. The van der Waals surface area contributed by atoms with Crippen molar-refractivity contribution in [2.75, 3.05) is 46.4 Å². The lowest BCUT2D eigenvalue weighted by atomic mass is 10.1. The Morgan fingerprint density at radius 1 is 1.41 bits per heavy atom. The Bertz CT molecular complexity index is 751. The number of aromatic nitrogens is 1. The molecule has 8 heteroatoms. The number of halogens is 2. The molecule has 150 valence electrons. The molecule has 0 bridgehead atoms. The lowest BCUT2D eigenvalue weighted by Gasteiger charge is -2.29. The second-order valence-corrected chi connectivity index (χ2v) is 6.66. The van der Waals surface area contributed by atoms with Gasteiger partial charge in [-0.05, 0) is 44.2 Å². The van der Waals surface area contributed by atoms with Gasteiger partial charge in [-0.15, -0.1) is 24.0 Å². The Morgan fingerprint density at radius 2 is 2.26 bits per heavy atom. The van der Waals surface area contributed by atoms with Crippen LogP contribution in [0.5, 0.6) is 0 Å². The topological polar surface area (TPSA) is 64.7 Å². The monoisotopic (exact) mass is 489 g/mol. The number of nitrogens with zero attached hydrogens (tertiary/aromatic N) is 2. The van der Waals surface area contributed by atoms with E-state index in [-0.39, 0.29) is 35.9 Å². The number of likely N-dealkylation sites (N-methyl/N-ethyl adjacent to an activating group) is 1. The number of aliphatic imine (C=N–C) groups is 1. The highest BCUT2D eigenvalue weighted by molar-refractivity contribution is 14.0. The molecule has 0 aliphatic carbocycles. The average Bonchev–Trinajstić information content (AvgIpc) is 3.02. The van der Waals surface area contributed by atoms with Crippen molar-refractivity contribution in [2.24, 2.45) is 4.99 Å². The van der Waals surface area contributed by atoms with Crippen LogP contribution >= 0.6 is 24.0 Å².